The van der Waals surface area contributed by atoms with Gasteiger partial charge in [0.15, 0.2) is 10.9 Å². The summed E-state index contributed by atoms with van der Waals surface area (Å²) in [6.45, 7) is 5.84. The van der Waals surface area contributed by atoms with Crippen LogP contribution in [0.2, 0.25) is 0 Å². The summed E-state index contributed by atoms with van der Waals surface area (Å²) in [7, 11) is 0. The van der Waals surface area contributed by atoms with Gasteiger partial charge in [0.2, 0.25) is 0 Å². The minimum Gasteiger partial charge on any atom is -0.383 e. The topological polar surface area (TPSA) is 94.9 Å². The molecule has 0 saturated heterocycles. The summed E-state index contributed by atoms with van der Waals surface area (Å²) >= 11 is 1.25. The molecule has 1 heterocycles. The van der Waals surface area contributed by atoms with Gasteiger partial charge in [-0.3, -0.25) is 4.79 Å². The van der Waals surface area contributed by atoms with Crippen molar-refractivity contribution in [3.05, 3.63) is 41.0 Å². The number of ketones is 1. The zero-order valence-electron chi connectivity index (χ0n) is 12.3. The summed E-state index contributed by atoms with van der Waals surface area (Å²) in [5.74, 6) is 0.638. The van der Waals surface area contributed by atoms with Gasteiger partial charge in [-0.25, -0.2) is 9.97 Å². The van der Waals surface area contributed by atoms with Crippen molar-refractivity contribution in [2.45, 2.75) is 31.2 Å². The number of hydrogen-bond donors (Lipinski definition) is 2. The summed E-state index contributed by atoms with van der Waals surface area (Å²) in [6, 6.07) is 7.19. The highest BCUT2D eigenvalue weighted by atomic mass is 32.2. The van der Waals surface area contributed by atoms with Gasteiger partial charge in [0, 0.05) is 11.6 Å². The summed E-state index contributed by atoms with van der Waals surface area (Å²) in [6.07, 6.45) is 0. The monoisotopic (exact) mass is 302 g/mol. The molecule has 6 heteroatoms. The van der Waals surface area contributed by atoms with Crippen LogP contribution in [-0.2, 0) is 0 Å². The number of thioether (sulfide) groups is 1. The lowest BCUT2D eigenvalue weighted by Crippen LogP contribution is -2.14. The van der Waals surface area contributed by atoms with Gasteiger partial charge in [0.25, 0.3) is 0 Å². The third-order valence-electron chi connectivity index (χ3n) is 3.19. The number of benzene rings is 1. The number of carbonyl (C=O) groups excluding carboxylic acids is 1. The number of nitrogen functional groups attached to an aromatic ring is 2. The Kier molecular flexibility index (Phi) is 4.47. The molecule has 0 spiro atoms. The first-order chi connectivity index (χ1) is 9.86. The average molecular weight is 302 g/mol. The van der Waals surface area contributed by atoms with Crippen LogP contribution in [0.25, 0.3) is 0 Å². The van der Waals surface area contributed by atoms with Gasteiger partial charge in [0.1, 0.15) is 11.6 Å². The maximum Gasteiger partial charge on any atom is 0.192 e. The average Bonchev–Trinajstić information content (AvgIpc) is 2.39. The lowest BCUT2D eigenvalue weighted by atomic mass is 10.0. The Morgan fingerprint density at radius 1 is 1.10 bits per heavy atom. The predicted octanol–water partition coefficient (Wildman–Crippen LogP) is 2.62. The van der Waals surface area contributed by atoms with Gasteiger partial charge < -0.3 is 11.5 Å². The normalized spacial score (nSPS) is 12.1. The third-order valence-corrected chi connectivity index (χ3v) is 4.15. The minimum absolute atomic E-state index is 0.0349. The summed E-state index contributed by atoms with van der Waals surface area (Å²) in [4.78, 5) is 20.6. The van der Waals surface area contributed by atoms with E-state index < -0.39 is 0 Å². The van der Waals surface area contributed by atoms with Crippen LogP contribution in [0.15, 0.2) is 29.4 Å². The largest absolute Gasteiger partial charge is 0.383 e. The first-order valence-electron chi connectivity index (χ1n) is 6.55. The molecule has 0 aliphatic carbocycles. The Labute approximate surface area is 128 Å². The van der Waals surface area contributed by atoms with E-state index in [4.69, 9.17) is 11.5 Å². The Morgan fingerprint density at radius 3 is 2.29 bits per heavy atom. The van der Waals surface area contributed by atoms with Crippen molar-refractivity contribution in [2.75, 3.05) is 11.5 Å². The predicted molar refractivity (Wildman–Crippen MR) is 86.4 cm³/mol. The molecule has 0 aliphatic heterocycles. The number of aromatic nitrogens is 2. The van der Waals surface area contributed by atoms with E-state index in [1.165, 1.54) is 23.4 Å². The molecular weight excluding hydrogens is 284 g/mol. The van der Waals surface area contributed by atoms with Crippen LogP contribution in [0, 0.1) is 13.8 Å². The van der Waals surface area contributed by atoms with Crippen LogP contribution >= 0.6 is 11.8 Å². The molecule has 1 atom stereocenters. The minimum atomic E-state index is -0.312. The summed E-state index contributed by atoms with van der Waals surface area (Å²) in [5.41, 5.74) is 14.2. The van der Waals surface area contributed by atoms with E-state index in [1.807, 2.05) is 39.0 Å². The molecule has 4 N–H and O–H groups in total. The Morgan fingerprint density at radius 2 is 1.71 bits per heavy atom. The zero-order valence-corrected chi connectivity index (χ0v) is 13.1. The first-order valence-corrected chi connectivity index (χ1v) is 7.43. The van der Waals surface area contributed by atoms with E-state index in [9.17, 15) is 4.79 Å². The van der Waals surface area contributed by atoms with Crippen LogP contribution < -0.4 is 11.5 Å². The SMILES string of the molecule is Cc1ccc(C(=O)[C@@H](C)Sc2nc(N)cc(N)n2)cc1C. The highest BCUT2D eigenvalue weighted by Crippen LogP contribution is 2.24. The van der Waals surface area contributed by atoms with Crippen LogP contribution in [0.5, 0.6) is 0 Å². The summed E-state index contributed by atoms with van der Waals surface area (Å²) in [5, 5.41) is 0.102. The van der Waals surface area contributed by atoms with Crippen molar-refractivity contribution >= 4 is 29.2 Å². The molecular formula is C15H18N4OS. The maximum atomic E-state index is 12.4. The van der Waals surface area contributed by atoms with E-state index >= 15 is 0 Å². The van der Waals surface area contributed by atoms with Crippen LogP contribution in [0.3, 0.4) is 0 Å². The number of rotatable bonds is 4. The van der Waals surface area contributed by atoms with E-state index in [-0.39, 0.29) is 11.0 Å². The second-order valence-corrected chi connectivity index (χ2v) is 6.23. The number of hydrogen-bond acceptors (Lipinski definition) is 6. The number of nitrogens with two attached hydrogens (primary N) is 2. The fraction of sp³-hybridized carbons (Fsp3) is 0.267. The fourth-order valence-electron chi connectivity index (χ4n) is 1.86. The van der Waals surface area contributed by atoms with Crippen molar-refractivity contribution in [3.8, 4) is 0 Å². The van der Waals surface area contributed by atoms with Gasteiger partial charge in [-0.2, -0.15) is 0 Å². The molecule has 21 heavy (non-hydrogen) atoms. The number of aryl methyl sites for hydroxylation is 2. The van der Waals surface area contributed by atoms with Crippen LogP contribution in [0.4, 0.5) is 11.6 Å². The molecule has 0 radical (unpaired) electrons. The molecule has 0 unspecified atom stereocenters. The fourth-order valence-corrected chi connectivity index (χ4v) is 2.73. The van der Waals surface area contributed by atoms with Gasteiger partial charge in [0.05, 0.1) is 5.25 Å². The van der Waals surface area contributed by atoms with Crippen molar-refractivity contribution in [3.63, 3.8) is 0 Å². The number of anilines is 2. The van der Waals surface area contributed by atoms with Crippen molar-refractivity contribution < 1.29 is 4.79 Å². The molecule has 0 aliphatic rings. The van der Waals surface area contributed by atoms with E-state index in [0.29, 0.717) is 22.4 Å². The van der Waals surface area contributed by atoms with Crippen LogP contribution in [0.1, 0.15) is 28.4 Å². The highest BCUT2D eigenvalue weighted by Gasteiger charge is 2.18. The number of Topliss-reactive ketones (excluding diaryl/α,β-unsaturated/α-hetero) is 1. The standard InChI is InChI=1S/C15H18N4OS/c1-8-4-5-11(6-9(8)2)14(20)10(3)21-15-18-12(16)7-13(17)19-15/h4-7,10H,1-3H3,(H4,16,17,18,19)/t10-/m1/s1. The molecule has 110 valence electrons. The molecule has 2 aromatic rings. The van der Waals surface area contributed by atoms with Crippen molar-refractivity contribution in [2.24, 2.45) is 0 Å². The molecule has 2 rings (SSSR count). The number of nitrogens with zero attached hydrogens (tertiary/aromatic N) is 2. The van der Waals surface area contributed by atoms with Crippen molar-refractivity contribution in [1.82, 2.24) is 9.97 Å². The Hall–Kier alpha value is -2.08. The van der Waals surface area contributed by atoms with Crippen LogP contribution in [-0.4, -0.2) is 21.0 Å². The van der Waals surface area contributed by atoms with Gasteiger partial charge in [-0.15, -0.1) is 0 Å². The Balaban J connectivity index is 2.17. The molecule has 1 aromatic carbocycles. The highest BCUT2D eigenvalue weighted by molar-refractivity contribution is 8.00. The molecule has 5 nitrogen and oxygen atoms in total. The van der Waals surface area contributed by atoms with Crippen molar-refractivity contribution in [1.29, 1.82) is 0 Å². The third kappa shape index (κ3) is 3.72. The Bertz CT molecular complexity index is 667. The smallest absolute Gasteiger partial charge is 0.192 e. The van der Waals surface area contributed by atoms with E-state index in [2.05, 4.69) is 9.97 Å². The lowest BCUT2D eigenvalue weighted by molar-refractivity contribution is 0.0994. The summed E-state index contributed by atoms with van der Waals surface area (Å²) < 4.78 is 0. The van der Waals surface area contributed by atoms with E-state index in [0.717, 1.165) is 5.56 Å². The molecule has 0 bridgehead atoms. The first kappa shape index (κ1) is 15.3. The van der Waals surface area contributed by atoms with Gasteiger partial charge in [-0.1, -0.05) is 23.9 Å². The maximum absolute atomic E-state index is 12.4. The number of carbonyl (C=O) groups is 1. The lowest BCUT2D eigenvalue weighted by Gasteiger charge is -2.11. The molecule has 0 amide bonds. The van der Waals surface area contributed by atoms with E-state index in [1.54, 1.807) is 0 Å². The second-order valence-electron chi connectivity index (χ2n) is 4.92. The zero-order chi connectivity index (χ0) is 15.6. The second kappa shape index (κ2) is 6.13. The molecule has 1 aromatic heterocycles. The quantitative estimate of drug-likeness (QED) is 0.512. The van der Waals surface area contributed by atoms with Gasteiger partial charge in [-0.05, 0) is 38.0 Å². The molecule has 0 fully saturated rings. The van der Waals surface area contributed by atoms with Gasteiger partial charge >= 0.3 is 0 Å². The molecule has 0 saturated carbocycles.